The SMILES string of the molecule is C#CCOc1ccc(Br)cc1/C=N\NC(=O)[C@H](Cc1ccccc1)NC(=O)[C@@H](C)Oc1ccc(Cl)cc1Cl. The highest BCUT2D eigenvalue weighted by molar-refractivity contribution is 9.10. The van der Waals surface area contributed by atoms with E-state index in [0.717, 1.165) is 10.0 Å². The van der Waals surface area contributed by atoms with Gasteiger partial charge in [-0.3, -0.25) is 9.59 Å². The summed E-state index contributed by atoms with van der Waals surface area (Å²) in [5.41, 5.74) is 3.94. The lowest BCUT2D eigenvalue weighted by atomic mass is 10.1. The number of hydrogen-bond acceptors (Lipinski definition) is 5. The summed E-state index contributed by atoms with van der Waals surface area (Å²) in [7, 11) is 0. The van der Waals surface area contributed by atoms with Gasteiger partial charge in [0.1, 0.15) is 24.1 Å². The van der Waals surface area contributed by atoms with Gasteiger partial charge in [0.15, 0.2) is 6.10 Å². The van der Waals surface area contributed by atoms with Crippen molar-refractivity contribution in [2.45, 2.75) is 25.5 Å². The van der Waals surface area contributed by atoms with Gasteiger partial charge in [0, 0.05) is 21.5 Å². The Balaban J connectivity index is 1.72. The third-order valence-electron chi connectivity index (χ3n) is 5.14. The number of rotatable bonds is 11. The van der Waals surface area contributed by atoms with E-state index >= 15 is 0 Å². The number of ether oxygens (including phenoxy) is 2. The van der Waals surface area contributed by atoms with Crippen molar-refractivity contribution < 1.29 is 19.1 Å². The van der Waals surface area contributed by atoms with Crippen LogP contribution in [-0.4, -0.2) is 36.8 Å². The molecule has 0 bridgehead atoms. The van der Waals surface area contributed by atoms with Crippen molar-refractivity contribution in [2.75, 3.05) is 6.61 Å². The molecule has 0 unspecified atom stereocenters. The largest absolute Gasteiger partial charge is 0.480 e. The molecule has 3 rings (SSSR count). The summed E-state index contributed by atoms with van der Waals surface area (Å²) in [6.45, 7) is 1.64. The number of carbonyl (C=O) groups excluding carboxylic acids is 2. The maximum Gasteiger partial charge on any atom is 0.262 e. The molecule has 0 aliphatic rings. The Hall–Kier alpha value is -3.51. The van der Waals surface area contributed by atoms with E-state index in [1.54, 1.807) is 37.3 Å². The lowest BCUT2D eigenvalue weighted by Crippen LogP contribution is -2.50. The summed E-state index contributed by atoms with van der Waals surface area (Å²) >= 11 is 15.5. The number of terminal acetylenes is 1. The number of benzene rings is 3. The average Bonchev–Trinajstić information content (AvgIpc) is 2.89. The molecule has 0 radical (unpaired) electrons. The Morgan fingerprint density at radius 2 is 1.82 bits per heavy atom. The molecule has 2 amide bonds. The lowest BCUT2D eigenvalue weighted by molar-refractivity contribution is -0.132. The molecule has 7 nitrogen and oxygen atoms in total. The van der Waals surface area contributed by atoms with Crippen LogP contribution in [0.25, 0.3) is 0 Å². The first-order chi connectivity index (χ1) is 18.3. The number of amides is 2. The molecule has 0 spiro atoms. The van der Waals surface area contributed by atoms with Crippen LogP contribution in [0.4, 0.5) is 0 Å². The normalized spacial score (nSPS) is 12.3. The molecule has 38 heavy (non-hydrogen) atoms. The Morgan fingerprint density at radius 3 is 2.53 bits per heavy atom. The third kappa shape index (κ3) is 8.80. The van der Waals surface area contributed by atoms with Gasteiger partial charge in [-0.2, -0.15) is 5.10 Å². The third-order valence-corrected chi connectivity index (χ3v) is 6.17. The Morgan fingerprint density at radius 1 is 1.08 bits per heavy atom. The number of nitrogens with one attached hydrogen (secondary N) is 2. The molecule has 0 saturated carbocycles. The second kappa shape index (κ2) is 14.4. The first-order valence-corrected chi connectivity index (χ1v) is 13.0. The Kier molecular flexibility index (Phi) is 11.0. The highest BCUT2D eigenvalue weighted by Crippen LogP contribution is 2.28. The molecule has 0 aliphatic carbocycles. The zero-order valence-electron chi connectivity index (χ0n) is 20.3. The fraction of sp³-hybridized carbons (Fsp3) is 0.179. The van der Waals surface area contributed by atoms with Crippen LogP contribution >= 0.6 is 39.1 Å². The monoisotopic (exact) mass is 615 g/mol. The smallest absolute Gasteiger partial charge is 0.262 e. The zero-order valence-corrected chi connectivity index (χ0v) is 23.4. The van der Waals surface area contributed by atoms with E-state index in [2.05, 4.69) is 37.7 Å². The number of nitrogens with zero attached hydrogens (tertiary/aromatic N) is 1. The van der Waals surface area contributed by atoms with E-state index in [4.69, 9.17) is 39.1 Å². The minimum absolute atomic E-state index is 0.0848. The molecule has 196 valence electrons. The molecule has 0 heterocycles. The molecule has 0 aliphatic heterocycles. The maximum atomic E-state index is 13.1. The van der Waals surface area contributed by atoms with Crippen LogP contribution < -0.4 is 20.2 Å². The van der Waals surface area contributed by atoms with Crippen molar-refractivity contribution in [3.63, 3.8) is 0 Å². The predicted octanol–water partition coefficient (Wildman–Crippen LogP) is 5.41. The fourth-order valence-corrected chi connectivity index (χ4v) is 4.11. The van der Waals surface area contributed by atoms with Gasteiger partial charge in [-0.05, 0) is 48.9 Å². The van der Waals surface area contributed by atoms with Gasteiger partial charge in [0.25, 0.3) is 11.8 Å². The molecule has 2 atom stereocenters. The van der Waals surface area contributed by atoms with Gasteiger partial charge in [-0.25, -0.2) is 5.43 Å². The minimum atomic E-state index is -0.944. The minimum Gasteiger partial charge on any atom is -0.480 e. The van der Waals surface area contributed by atoms with Gasteiger partial charge in [0.05, 0.1) is 11.2 Å². The van der Waals surface area contributed by atoms with Crippen molar-refractivity contribution in [2.24, 2.45) is 5.10 Å². The summed E-state index contributed by atoms with van der Waals surface area (Å²) in [6, 6.07) is 18.3. The van der Waals surface area contributed by atoms with Crippen LogP contribution in [-0.2, 0) is 16.0 Å². The van der Waals surface area contributed by atoms with Gasteiger partial charge < -0.3 is 14.8 Å². The number of carbonyl (C=O) groups is 2. The first-order valence-electron chi connectivity index (χ1n) is 11.4. The summed E-state index contributed by atoms with van der Waals surface area (Å²) in [5, 5.41) is 7.51. The second-order valence-corrected chi connectivity index (χ2v) is 9.75. The fourth-order valence-electron chi connectivity index (χ4n) is 3.28. The van der Waals surface area contributed by atoms with Crippen LogP contribution in [0.2, 0.25) is 10.0 Å². The second-order valence-electron chi connectivity index (χ2n) is 7.99. The van der Waals surface area contributed by atoms with E-state index in [1.165, 1.54) is 12.3 Å². The Bertz CT molecular complexity index is 1350. The number of hydrazone groups is 1. The van der Waals surface area contributed by atoms with Crippen molar-refractivity contribution >= 4 is 57.2 Å². The number of hydrogen-bond donors (Lipinski definition) is 2. The van der Waals surface area contributed by atoms with E-state index in [1.807, 2.05) is 30.3 Å². The molecule has 0 fully saturated rings. The van der Waals surface area contributed by atoms with E-state index in [0.29, 0.717) is 22.1 Å². The van der Waals surface area contributed by atoms with Crippen LogP contribution in [0.3, 0.4) is 0 Å². The molecule has 0 aromatic heterocycles. The van der Waals surface area contributed by atoms with Gasteiger partial charge in [0.2, 0.25) is 0 Å². The summed E-state index contributed by atoms with van der Waals surface area (Å²) < 4.78 is 12.0. The van der Waals surface area contributed by atoms with Crippen LogP contribution in [0.1, 0.15) is 18.1 Å². The average molecular weight is 617 g/mol. The molecule has 3 aromatic rings. The molecule has 0 saturated heterocycles. The van der Waals surface area contributed by atoms with Gasteiger partial charge in [-0.1, -0.05) is 75.4 Å². The topological polar surface area (TPSA) is 89.0 Å². The van der Waals surface area contributed by atoms with Crippen LogP contribution in [0.5, 0.6) is 11.5 Å². The van der Waals surface area contributed by atoms with Crippen LogP contribution in [0, 0.1) is 12.3 Å². The van der Waals surface area contributed by atoms with Crippen LogP contribution in [0.15, 0.2) is 76.3 Å². The van der Waals surface area contributed by atoms with Gasteiger partial charge >= 0.3 is 0 Å². The quantitative estimate of drug-likeness (QED) is 0.171. The molecular formula is C28H24BrCl2N3O4. The summed E-state index contributed by atoms with van der Waals surface area (Å²) in [4.78, 5) is 26.0. The van der Waals surface area contributed by atoms with Gasteiger partial charge in [-0.15, -0.1) is 6.42 Å². The highest BCUT2D eigenvalue weighted by atomic mass is 79.9. The molecule has 3 aromatic carbocycles. The lowest BCUT2D eigenvalue weighted by Gasteiger charge is -2.21. The Labute approximate surface area is 239 Å². The van der Waals surface area contributed by atoms with Crippen molar-refractivity contribution in [1.29, 1.82) is 0 Å². The highest BCUT2D eigenvalue weighted by Gasteiger charge is 2.25. The standard InChI is InChI=1S/C28H24BrCl2N3O4/c1-3-13-37-25-11-9-21(29)15-20(25)17-32-34-28(36)24(14-19-7-5-4-6-8-19)33-27(35)18(2)38-26-12-10-22(30)16-23(26)31/h1,4-12,15-18,24H,13-14H2,2H3,(H,33,35)(H,34,36)/b32-17-/t18-,24+/m1/s1. The zero-order chi connectivity index (χ0) is 27.5. The van der Waals surface area contributed by atoms with E-state index in [-0.39, 0.29) is 18.1 Å². The molecule has 2 N–H and O–H groups in total. The van der Waals surface area contributed by atoms with Crippen molar-refractivity contribution in [3.05, 3.63) is 92.4 Å². The predicted molar refractivity (Wildman–Crippen MR) is 153 cm³/mol. The first kappa shape index (κ1) is 29.1. The van der Waals surface area contributed by atoms with Crippen molar-refractivity contribution in [1.82, 2.24) is 10.7 Å². The summed E-state index contributed by atoms with van der Waals surface area (Å²) in [6.07, 6.45) is 6.00. The molecular weight excluding hydrogens is 593 g/mol. The van der Waals surface area contributed by atoms with E-state index < -0.39 is 24.0 Å². The summed E-state index contributed by atoms with van der Waals surface area (Å²) in [5.74, 6) is 2.18. The number of halogens is 3. The molecule has 10 heteroatoms. The van der Waals surface area contributed by atoms with E-state index in [9.17, 15) is 9.59 Å². The maximum absolute atomic E-state index is 13.1. The van der Waals surface area contributed by atoms with Crippen molar-refractivity contribution in [3.8, 4) is 23.8 Å².